The van der Waals surface area contributed by atoms with Crippen molar-refractivity contribution in [3.63, 3.8) is 0 Å². The van der Waals surface area contributed by atoms with Gasteiger partial charge in [0, 0.05) is 23.0 Å². The molecule has 1 unspecified atom stereocenters. The van der Waals surface area contributed by atoms with E-state index in [0.29, 0.717) is 38.2 Å². The third kappa shape index (κ3) is 4.62. The molecular weight excluding hydrogens is 514 g/mol. The predicted molar refractivity (Wildman–Crippen MR) is 140 cm³/mol. The number of hydrogen-bond donors (Lipinski definition) is 3. The third-order valence-corrected chi connectivity index (χ3v) is 6.36. The number of rotatable bonds is 5. The molecule has 0 aliphatic carbocycles. The fourth-order valence-electron chi connectivity index (χ4n) is 3.82. The number of aromatic nitrogens is 5. The van der Waals surface area contributed by atoms with Gasteiger partial charge in [0.1, 0.15) is 22.8 Å². The van der Waals surface area contributed by atoms with E-state index in [-0.39, 0.29) is 17.5 Å². The average Bonchev–Trinajstić information content (AvgIpc) is 3.58. The molecule has 0 bridgehead atoms. The predicted octanol–water partition coefficient (Wildman–Crippen LogP) is 4.29. The number of nitrogens with zero attached hydrogens (tertiary/aromatic N) is 6. The number of guanidine groups is 1. The number of hydrogen-bond acceptors (Lipinski definition) is 11. The fraction of sp³-hybridized carbons (Fsp3) is 0.0417. The van der Waals surface area contributed by atoms with Crippen molar-refractivity contribution in [3.8, 4) is 0 Å². The lowest BCUT2D eigenvalue weighted by Crippen LogP contribution is -2.38. The highest BCUT2D eigenvalue weighted by atomic mass is 35.5. The second kappa shape index (κ2) is 9.76. The van der Waals surface area contributed by atoms with Crippen LogP contribution in [0, 0.1) is 0 Å². The molecule has 6 rings (SSSR count). The number of amides is 1. The molecule has 0 fully saturated rings. The molecule has 37 heavy (non-hydrogen) atoms. The number of halogens is 1. The van der Waals surface area contributed by atoms with Crippen LogP contribution in [0.25, 0.3) is 16.8 Å². The van der Waals surface area contributed by atoms with Gasteiger partial charge in [-0.05, 0) is 18.2 Å². The lowest BCUT2D eigenvalue weighted by molar-refractivity contribution is -0.113. The van der Waals surface area contributed by atoms with Crippen LogP contribution in [0.3, 0.4) is 0 Å². The van der Waals surface area contributed by atoms with Crippen LogP contribution >= 0.6 is 22.9 Å². The first-order chi connectivity index (χ1) is 18.2. The van der Waals surface area contributed by atoms with Gasteiger partial charge in [-0.3, -0.25) is 25.4 Å². The molecule has 3 N–H and O–H groups in total. The first kappa shape index (κ1) is 22.8. The molecule has 182 valence electrons. The smallest absolute Gasteiger partial charge is 0.302 e. The molecule has 1 atom stereocenters. The molecule has 1 aliphatic heterocycles. The van der Waals surface area contributed by atoms with Crippen LogP contribution in [0.4, 0.5) is 11.1 Å². The summed E-state index contributed by atoms with van der Waals surface area (Å²) in [5.74, 6) is -0.163. The quantitative estimate of drug-likeness (QED) is 0.304. The molecule has 2 aromatic carbocycles. The summed E-state index contributed by atoms with van der Waals surface area (Å²) in [7, 11) is 0. The van der Waals surface area contributed by atoms with Crippen molar-refractivity contribution < 1.29 is 9.21 Å². The number of oxazole rings is 1. The SMILES string of the molecule is O=C(Nc1nncs1)C1=C(c2cnccn2)NC(Nc2nc3ccccc3o2)=NC1c1ccccc1Cl. The topological polar surface area (TPSA) is 143 Å². The Balaban J connectivity index is 1.47. The van der Waals surface area contributed by atoms with Crippen LogP contribution in [0.5, 0.6) is 0 Å². The Bertz CT molecular complexity index is 1620. The van der Waals surface area contributed by atoms with Gasteiger partial charge < -0.3 is 9.73 Å². The molecular formula is C24H16ClN9O2S. The monoisotopic (exact) mass is 529 g/mol. The highest BCUT2D eigenvalue weighted by Gasteiger charge is 2.34. The number of carbonyl (C=O) groups is 1. The lowest BCUT2D eigenvalue weighted by Gasteiger charge is -2.27. The maximum atomic E-state index is 13.6. The molecule has 4 heterocycles. The Hall–Kier alpha value is -4.68. The van der Waals surface area contributed by atoms with E-state index in [1.807, 2.05) is 42.5 Å². The van der Waals surface area contributed by atoms with Crippen LogP contribution in [0.15, 0.2) is 87.6 Å². The Morgan fingerprint density at radius 2 is 1.97 bits per heavy atom. The molecule has 13 heteroatoms. The van der Waals surface area contributed by atoms with E-state index in [1.165, 1.54) is 23.0 Å². The largest absolute Gasteiger partial charge is 0.423 e. The average molecular weight is 530 g/mol. The Labute approximate surface area is 218 Å². The van der Waals surface area contributed by atoms with Crippen molar-refractivity contribution in [2.75, 3.05) is 10.6 Å². The molecule has 0 saturated heterocycles. The maximum Gasteiger partial charge on any atom is 0.302 e. The highest BCUT2D eigenvalue weighted by Crippen LogP contribution is 2.37. The van der Waals surface area contributed by atoms with Gasteiger partial charge in [0.2, 0.25) is 11.1 Å². The zero-order valence-electron chi connectivity index (χ0n) is 18.8. The summed E-state index contributed by atoms with van der Waals surface area (Å²) in [6, 6.07) is 14.0. The minimum absolute atomic E-state index is 0.227. The molecule has 0 saturated carbocycles. The third-order valence-electron chi connectivity index (χ3n) is 5.41. The zero-order valence-corrected chi connectivity index (χ0v) is 20.4. The second-order valence-corrected chi connectivity index (χ2v) is 8.96. The van der Waals surface area contributed by atoms with E-state index in [9.17, 15) is 4.79 Å². The van der Waals surface area contributed by atoms with Crippen molar-refractivity contribution in [2.24, 2.45) is 4.99 Å². The summed E-state index contributed by atoms with van der Waals surface area (Å²) in [6.45, 7) is 0. The number of para-hydroxylation sites is 2. The van der Waals surface area contributed by atoms with Crippen molar-refractivity contribution in [3.05, 3.63) is 94.5 Å². The fourth-order valence-corrected chi connectivity index (χ4v) is 4.50. The number of nitrogens with one attached hydrogen (secondary N) is 3. The number of anilines is 2. The van der Waals surface area contributed by atoms with Crippen LogP contribution in [-0.2, 0) is 4.79 Å². The summed E-state index contributed by atoms with van der Waals surface area (Å²) in [5, 5.41) is 17.5. The lowest BCUT2D eigenvalue weighted by atomic mass is 9.94. The van der Waals surface area contributed by atoms with Crippen molar-refractivity contribution in [1.82, 2.24) is 30.5 Å². The van der Waals surface area contributed by atoms with Gasteiger partial charge in [-0.15, -0.1) is 10.2 Å². The Kier molecular flexibility index (Phi) is 6.00. The van der Waals surface area contributed by atoms with Gasteiger partial charge in [-0.25, -0.2) is 4.99 Å². The molecule has 1 amide bonds. The van der Waals surface area contributed by atoms with Crippen molar-refractivity contribution in [2.45, 2.75) is 6.04 Å². The number of aliphatic imine (C=N–C) groups is 1. The number of carbonyl (C=O) groups excluding carboxylic acids is 1. The molecule has 0 radical (unpaired) electrons. The van der Waals surface area contributed by atoms with E-state index in [0.717, 1.165) is 0 Å². The van der Waals surface area contributed by atoms with Gasteiger partial charge in [-0.2, -0.15) is 4.98 Å². The van der Waals surface area contributed by atoms with E-state index < -0.39 is 11.9 Å². The Morgan fingerprint density at radius 1 is 1.11 bits per heavy atom. The van der Waals surface area contributed by atoms with Crippen molar-refractivity contribution in [1.29, 1.82) is 0 Å². The Morgan fingerprint density at radius 3 is 2.76 bits per heavy atom. The van der Waals surface area contributed by atoms with Crippen LogP contribution in [0.1, 0.15) is 17.3 Å². The molecule has 5 aromatic rings. The second-order valence-electron chi connectivity index (χ2n) is 7.72. The number of fused-ring (bicyclic) bond motifs is 1. The summed E-state index contributed by atoms with van der Waals surface area (Å²) in [5.41, 5.74) is 4.52. The van der Waals surface area contributed by atoms with E-state index in [4.69, 9.17) is 21.0 Å². The summed E-state index contributed by atoms with van der Waals surface area (Å²) >= 11 is 7.78. The van der Waals surface area contributed by atoms with E-state index in [1.54, 1.807) is 18.5 Å². The summed E-state index contributed by atoms with van der Waals surface area (Å²) in [4.78, 5) is 31.5. The van der Waals surface area contributed by atoms with E-state index in [2.05, 4.69) is 41.1 Å². The zero-order chi connectivity index (χ0) is 25.2. The van der Waals surface area contributed by atoms with E-state index >= 15 is 0 Å². The molecule has 3 aromatic heterocycles. The van der Waals surface area contributed by atoms with Gasteiger partial charge in [0.25, 0.3) is 5.91 Å². The number of benzene rings is 2. The molecule has 11 nitrogen and oxygen atoms in total. The molecule has 0 spiro atoms. The van der Waals surface area contributed by atoms with Crippen LogP contribution in [-0.4, -0.2) is 37.0 Å². The summed E-state index contributed by atoms with van der Waals surface area (Å²) in [6.07, 6.45) is 4.63. The standard InChI is InChI=1S/C24H16ClN9O2S/c25-14-6-2-1-5-13(14)19-18(21(35)32-24-34-28-12-37-24)20(16-11-26-9-10-27-16)31-22(30-19)33-23-29-15-7-3-4-8-17(15)36-23/h1-12,19H,(H,32,34,35)(H2,29,30,31,33). The van der Waals surface area contributed by atoms with Crippen molar-refractivity contribution >= 4 is 62.7 Å². The van der Waals surface area contributed by atoms with Gasteiger partial charge >= 0.3 is 6.01 Å². The minimum atomic E-state index is -0.813. The first-order valence-electron chi connectivity index (χ1n) is 11.0. The van der Waals surface area contributed by atoms with Gasteiger partial charge in [0.05, 0.1) is 17.5 Å². The molecule has 1 aliphatic rings. The highest BCUT2D eigenvalue weighted by molar-refractivity contribution is 7.13. The summed E-state index contributed by atoms with van der Waals surface area (Å²) < 4.78 is 5.81. The normalized spacial score (nSPS) is 15.3. The van der Waals surface area contributed by atoms with Gasteiger partial charge in [0.15, 0.2) is 5.58 Å². The first-order valence-corrected chi connectivity index (χ1v) is 12.2. The van der Waals surface area contributed by atoms with Crippen LogP contribution < -0.4 is 16.0 Å². The maximum absolute atomic E-state index is 13.6. The minimum Gasteiger partial charge on any atom is -0.423 e. The van der Waals surface area contributed by atoms with Gasteiger partial charge in [-0.1, -0.05) is 53.3 Å². The van der Waals surface area contributed by atoms with Crippen LogP contribution in [0.2, 0.25) is 5.02 Å².